The van der Waals surface area contributed by atoms with Gasteiger partial charge in [0.15, 0.2) is 0 Å². The number of nitrogens with one attached hydrogen (secondary N) is 1. The van der Waals surface area contributed by atoms with E-state index in [0.29, 0.717) is 5.56 Å². The summed E-state index contributed by atoms with van der Waals surface area (Å²) in [4.78, 5) is 0. The van der Waals surface area contributed by atoms with Crippen LogP contribution in [0, 0.1) is 11.6 Å². The van der Waals surface area contributed by atoms with Crippen molar-refractivity contribution in [1.29, 1.82) is 0 Å². The van der Waals surface area contributed by atoms with Crippen LogP contribution in [-0.2, 0) is 6.42 Å². The lowest BCUT2D eigenvalue weighted by Crippen LogP contribution is -2.37. The van der Waals surface area contributed by atoms with Gasteiger partial charge >= 0.3 is 0 Å². The van der Waals surface area contributed by atoms with Crippen molar-refractivity contribution in [1.82, 2.24) is 5.43 Å². The van der Waals surface area contributed by atoms with Crippen molar-refractivity contribution in [2.24, 2.45) is 5.84 Å². The van der Waals surface area contributed by atoms with Crippen LogP contribution in [0.1, 0.15) is 28.7 Å². The number of rotatable bonds is 3. The molecule has 2 aromatic rings. The van der Waals surface area contributed by atoms with Crippen LogP contribution in [0.4, 0.5) is 8.78 Å². The Bertz CT molecular complexity index is 593. The molecule has 0 saturated heterocycles. The molecule has 0 amide bonds. The molecule has 2 aromatic carbocycles. The number of fused-ring (bicyclic) bond motifs is 1. The SMILES string of the molecule is NNC(c1cc(F)cc(F)c1)C1Cc2ccccc21. The van der Waals surface area contributed by atoms with Gasteiger partial charge in [-0.2, -0.15) is 0 Å². The normalized spacial score (nSPS) is 18.6. The third-order valence-corrected chi connectivity index (χ3v) is 3.72. The zero-order valence-corrected chi connectivity index (χ0v) is 10.2. The summed E-state index contributed by atoms with van der Waals surface area (Å²) < 4.78 is 26.6. The standard InChI is InChI=1S/C15H14F2N2/c16-11-5-10(6-12(17)8-11)15(19-18)14-7-9-3-1-2-4-13(9)14/h1-6,8,14-15,19H,7,18H2. The van der Waals surface area contributed by atoms with Crippen molar-refractivity contribution in [3.63, 3.8) is 0 Å². The molecule has 0 bridgehead atoms. The summed E-state index contributed by atoms with van der Waals surface area (Å²) in [5.74, 6) is 4.57. The first kappa shape index (κ1) is 12.3. The van der Waals surface area contributed by atoms with E-state index in [1.54, 1.807) is 0 Å². The van der Waals surface area contributed by atoms with Crippen LogP contribution < -0.4 is 11.3 Å². The molecule has 2 atom stereocenters. The Labute approximate surface area is 110 Å². The van der Waals surface area contributed by atoms with Crippen LogP contribution >= 0.6 is 0 Å². The smallest absolute Gasteiger partial charge is 0.126 e. The second kappa shape index (κ2) is 4.72. The third-order valence-electron chi connectivity index (χ3n) is 3.72. The molecule has 4 heteroatoms. The van der Waals surface area contributed by atoms with E-state index in [-0.39, 0.29) is 12.0 Å². The van der Waals surface area contributed by atoms with Gasteiger partial charge in [0.1, 0.15) is 11.6 Å². The number of halogens is 2. The molecule has 0 fully saturated rings. The number of benzene rings is 2. The molecule has 2 nitrogen and oxygen atoms in total. The zero-order valence-electron chi connectivity index (χ0n) is 10.2. The first-order chi connectivity index (χ1) is 9.19. The van der Waals surface area contributed by atoms with E-state index in [1.807, 2.05) is 18.2 Å². The summed E-state index contributed by atoms with van der Waals surface area (Å²) in [7, 11) is 0. The molecular weight excluding hydrogens is 246 g/mol. The van der Waals surface area contributed by atoms with Crippen LogP contribution in [0.5, 0.6) is 0 Å². The summed E-state index contributed by atoms with van der Waals surface area (Å²) in [5, 5.41) is 0. The monoisotopic (exact) mass is 260 g/mol. The second-order valence-corrected chi connectivity index (χ2v) is 4.86. The van der Waals surface area contributed by atoms with Crippen molar-refractivity contribution in [3.8, 4) is 0 Å². The molecule has 0 saturated carbocycles. The highest BCUT2D eigenvalue weighted by Gasteiger charge is 2.33. The van der Waals surface area contributed by atoms with E-state index >= 15 is 0 Å². The van der Waals surface area contributed by atoms with Gasteiger partial charge in [0.25, 0.3) is 0 Å². The first-order valence-corrected chi connectivity index (χ1v) is 6.19. The van der Waals surface area contributed by atoms with Gasteiger partial charge < -0.3 is 0 Å². The Morgan fingerprint density at radius 3 is 2.42 bits per heavy atom. The van der Waals surface area contributed by atoms with Crippen molar-refractivity contribution in [2.45, 2.75) is 18.4 Å². The molecule has 1 aliphatic carbocycles. The maximum atomic E-state index is 13.3. The van der Waals surface area contributed by atoms with Crippen molar-refractivity contribution in [3.05, 3.63) is 70.8 Å². The van der Waals surface area contributed by atoms with E-state index in [4.69, 9.17) is 5.84 Å². The van der Waals surface area contributed by atoms with E-state index in [9.17, 15) is 8.78 Å². The fourth-order valence-corrected chi connectivity index (χ4v) is 2.79. The maximum Gasteiger partial charge on any atom is 0.126 e. The molecule has 98 valence electrons. The summed E-state index contributed by atoms with van der Waals surface area (Å²) >= 11 is 0. The topological polar surface area (TPSA) is 38.0 Å². The highest BCUT2D eigenvalue weighted by Crippen LogP contribution is 2.43. The molecule has 0 heterocycles. The lowest BCUT2D eigenvalue weighted by atomic mass is 9.72. The van der Waals surface area contributed by atoms with Gasteiger partial charge in [-0.3, -0.25) is 11.3 Å². The molecule has 0 aromatic heterocycles. The van der Waals surface area contributed by atoms with Crippen molar-refractivity contribution < 1.29 is 8.78 Å². The van der Waals surface area contributed by atoms with Crippen LogP contribution in [0.15, 0.2) is 42.5 Å². The predicted molar refractivity (Wildman–Crippen MR) is 69.3 cm³/mol. The summed E-state index contributed by atoms with van der Waals surface area (Å²) in [6.45, 7) is 0. The number of hydrazine groups is 1. The van der Waals surface area contributed by atoms with E-state index in [2.05, 4.69) is 11.5 Å². The highest BCUT2D eigenvalue weighted by atomic mass is 19.1. The van der Waals surface area contributed by atoms with E-state index < -0.39 is 11.6 Å². The van der Waals surface area contributed by atoms with E-state index in [0.717, 1.165) is 12.5 Å². The van der Waals surface area contributed by atoms with Crippen LogP contribution in [0.25, 0.3) is 0 Å². The summed E-state index contributed by atoms with van der Waals surface area (Å²) in [6.07, 6.45) is 0.864. The van der Waals surface area contributed by atoms with Crippen LogP contribution in [0.2, 0.25) is 0 Å². The third kappa shape index (κ3) is 2.13. The van der Waals surface area contributed by atoms with Gasteiger partial charge in [-0.1, -0.05) is 24.3 Å². The van der Waals surface area contributed by atoms with Gasteiger partial charge in [0.05, 0.1) is 6.04 Å². The highest BCUT2D eigenvalue weighted by molar-refractivity contribution is 5.43. The van der Waals surface area contributed by atoms with Crippen LogP contribution in [0.3, 0.4) is 0 Å². The number of hydrogen-bond donors (Lipinski definition) is 2. The number of hydrogen-bond acceptors (Lipinski definition) is 2. The Balaban J connectivity index is 1.94. The van der Waals surface area contributed by atoms with Gasteiger partial charge in [-0.15, -0.1) is 0 Å². The molecule has 3 N–H and O–H groups in total. The Morgan fingerprint density at radius 1 is 1.11 bits per heavy atom. The molecule has 19 heavy (non-hydrogen) atoms. The molecule has 1 aliphatic rings. The fourth-order valence-electron chi connectivity index (χ4n) is 2.79. The fraction of sp³-hybridized carbons (Fsp3) is 0.200. The van der Waals surface area contributed by atoms with Crippen LogP contribution in [-0.4, -0.2) is 0 Å². The largest absolute Gasteiger partial charge is 0.271 e. The average Bonchev–Trinajstić information content (AvgIpc) is 2.34. The molecule has 3 rings (SSSR count). The average molecular weight is 260 g/mol. The Kier molecular flexibility index (Phi) is 3.05. The minimum Gasteiger partial charge on any atom is -0.271 e. The van der Waals surface area contributed by atoms with Gasteiger partial charge in [0, 0.05) is 12.0 Å². The second-order valence-electron chi connectivity index (χ2n) is 4.86. The Morgan fingerprint density at radius 2 is 1.79 bits per heavy atom. The van der Waals surface area contributed by atoms with Gasteiger partial charge in [0.2, 0.25) is 0 Å². The van der Waals surface area contributed by atoms with E-state index in [1.165, 1.54) is 23.3 Å². The maximum absolute atomic E-state index is 13.3. The van der Waals surface area contributed by atoms with Gasteiger partial charge in [-0.05, 0) is 35.2 Å². The molecular formula is C15H14F2N2. The molecule has 2 unspecified atom stereocenters. The summed E-state index contributed by atoms with van der Waals surface area (Å²) in [5.41, 5.74) is 5.68. The molecule has 0 radical (unpaired) electrons. The lowest BCUT2D eigenvalue weighted by molar-refractivity contribution is 0.415. The number of nitrogens with two attached hydrogens (primary N) is 1. The zero-order chi connectivity index (χ0) is 13.4. The minimum absolute atomic E-state index is 0.155. The minimum atomic E-state index is -0.581. The molecule has 0 spiro atoms. The van der Waals surface area contributed by atoms with Crippen molar-refractivity contribution in [2.75, 3.05) is 0 Å². The summed E-state index contributed by atoms with van der Waals surface area (Å²) in [6, 6.07) is 11.3. The first-order valence-electron chi connectivity index (χ1n) is 6.19. The molecule has 0 aliphatic heterocycles. The Hall–Kier alpha value is -1.78. The van der Waals surface area contributed by atoms with Crippen molar-refractivity contribution >= 4 is 0 Å². The quantitative estimate of drug-likeness (QED) is 0.658. The predicted octanol–water partition coefficient (Wildman–Crippen LogP) is 2.81. The van der Waals surface area contributed by atoms with Gasteiger partial charge in [-0.25, -0.2) is 8.78 Å². The lowest BCUT2D eigenvalue weighted by Gasteiger charge is -2.36.